The van der Waals surface area contributed by atoms with Crippen LogP contribution in [0.4, 0.5) is 0 Å². The molecule has 0 aliphatic heterocycles. The lowest BCUT2D eigenvalue weighted by Crippen LogP contribution is -1.88. The van der Waals surface area contributed by atoms with Crippen LogP contribution in [0.1, 0.15) is 12.5 Å². The molecule has 0 N–H and O–H groups in total. The van der Waals surface area contributed by atoms with E-state index in [4.69, 9.17) is 4.52 Å². The van der Waals surface area contributed by atoms with E-state index >= 15 is 0 Å². The Balaban J connectivity index is 2.21. The third-order valence-electron chi connectivity index (χ3n) is 3.49. The van der Waals surface area contributed by atoms with E-state index in [9.17, 15) is 4.57 Å². The van der Waals surface area contributed by atoms with Gasteiger partial charge in [0, 0.05) is 6.16 Å². The fraction of sp³-hybridized carbons (Fsp3) is 0.176. The number of hydrogen-bond donors (Lipinski definition) is 0. The van der Waals surface area contributed by atoms with Crippen molar-refractivity contribution < 1.29 is 9.09 Å². The third-order valence-corrected chi connectivity index (χ3v) is 4.77. The molecule has 0 fully saturated rings. The van der Waals surface area contributed by atoms with Gasteiger partial charge >= 0.3 is 0 Å². The zero-order valence-electron chi connectivity index (χ0n) is 11.4. The summed E-state index contributed by atoms with van der Waals surface area (Å²) in [4.78, 5) is 0. The molecule has 102 valence electrons. The maximum atomic E-state index is 12.0. The van der Waals surface area contributed by atoms with Gasteiger partial charge in [-0.3, -0.25) is 4.57 Å². The smallest absolute Gasteiger partial charge is 0.195 e. The van der Waals surface area contributed by atoms with E-state index in [1.807, 2.05) is 25.1 Å². The van der Waals surface area contributed by atoms with E-state index in [-0.39, 0.29) is 0 Å². The number of hydrogen-bond acceptors (Lipinski definition) is 2. The molecule has 0 aliphatic carbocycles. The van der Waals surface area contributed by atoms with Gasteiger partial charge in [0.1, 0.15) is 0 Å². The standard InChI is InChI=1S/C17H17O2P/c1-2-19-20(18)12-14-11-13-7-3-4-8-15(13)17-10-6-5-9-16(14)17/h3-11,20H,2,12H2,1H3. The van der Waals surface area contributed by atoms with Crippen LogP contribution in [0, 0.1) is 0 Å². The molecule has 0 saturated carbocycles. The third kappa shape index (κ3) is 2.49. The van der Waals surface area contributed by atoms with Gasteiger partial charge in [-0.25, -0.2) is 0 Å². The van der Waals surface area contributed by atoms with Gasteiger partial charge in [-0.2, -0.15) is 0 Å². The summed E-state index contributed by atoms with van der Waals surface area (Å²) in [6, 6.07) is 18.7. The number of benzene rings is 3. The fourth-order valence-electron chi connectivity index (χ4n) is 2.65. The molecule has 20 heavy (non-hydrogen) atoms. The Hall–Kier alpha value is -1.63. The van der Waals surface area contributed by atoms with E-state index < -0.39 is 8.03 Å². The van der Waals surface area contributed by atoms with Gasteiger partial charge in [0.2, 0.25) is 0 Å². The van der Waals surface area contributed by atoms with Crippen molar-refractivity contribution in [3.63, 3.8) is 0 Å². The summed E-state index contributed by atoms with van der Waals surface area (Å²) in [5.41, 5.74) is 1.11. The quantitative estimate of drug-likeness (QED) is 0.497. The van der Waals surface area contributed by atoms with Crippen LogP contribution in [0.3, 0.4) is 0 Å². The van der Waals surface area contributed by atoms with Crippen molar-refractivity contribution in [1.29, 1.82) is 0 Å². The van der Waals surface area contributed by atoms with Crippen LogP contribution in [-0.4, -0.2) is 6.61 Å². The van der Waals surface area contributed by atoms with Crippen molar-refractivity contribution in [2.45, 2.75) is 13.1 Å². The summed E-state index contributed by atoms with van der Waals surface area (Å²) in [6.07, 6.45) is 0.504. The summed E-state index contributed by atoms with van der Waals surface area (Å²) in [7, 11) is -2.00. The Morgan fingerprint density at radius 2 is 1.60 bits per heavy atom. The molecule has 0 aromatic heterocycles. The molecule has 2 nitrogen and oxygen atoms in total. The lowest BCUT2D eigenvalue weighted by atomic mass is 9.98. The van der Waals surface area contributed by atoms with Crippen molar-refractivity contribution in [1.82, 2.24) is 0 Å². The van der Waals surface area contributed by atoms with Crippen molar-refractivity contribution in [2.75, 3.05) is 6.61 Å². The zero-order valence-corrected chi connectivity index (χ0v) is 12.4. The second kappa shape index (κ2) is 5.78. The van der Waals surface area contributed by atoms with E-state index in [0.29, 0.717) is 12.8 Å². The van der Waals surface area contributed by atoms with Crippen molar-refractivity contribution in [2.24, 2.45) is 0 Å². The average molecular weight is 284 g/mol. The first kappa shape index (κ1) is 13.4. The van der Waals surface area contributed by atoms with Gasteiger partial charge < -0.3 is 4.52 Å². The van der Waals surface area contributed by atoms with Gasteiger partial charge in [0.15, 0.2) is 8.03 Å². The monoisotopic (exact) mass is 284 g/mol. The molecule has 1 atom stereocenters. The molecule has 0 spiro atoms. The van der Waals surface area contributed by atoms with Crippen LogP contribution in [0.25, 0.3) is 21.5 Å². The van der Waals surface area contributed by atoms with E-state index in [1.54, 1.807) is 0 Å². The predicted molar refractivity (Wildman–Crippen MR) is 85.8 cm³/mol. The molecule has 0 bridgehead atoms. The molecule has 0 radical (unpaired) electrons. The average Bonchev–Trinajstić information content (AvgIpc) is 2.48. The minimum Gasteiger partial charge on any atom is -0.331 e. The van der Waals surface area contributed by atoms with Crippen LogP contribution in [0.5, 0.6) is 0 Å². The van der Waals surface area contributed by atoms with Gasteiger partial charge in [-0.05, 0) is 40.1 Å². The maximum absolute atomic E-state index is 12.0. The fourth-order valence-corrected chi connectivity index (χ4v) is 3.67. The topological polar surface area (TPSA) is 26.3 Å². The van der Waals surface area contributed by atoms with E-state index in [0.717, 1.165) is 5.56 Å². The lowest BCUT2D eigenvalue weighted by molar-refractivity contribution is 0.350. The van der Waals surface area contributed by atoms with Gasteiger partial charge in [-0.15, -0.1) is 0 Å². The first-order chi connectivity index (χ1) is 9.79. The van der Waals surface area contributed by atoms with Crippen LogP contribution in [0.2, 0.25) is 0 Å². The van der Waals surface area contributed by atoms with Crippen LogP contribution >= 0.6 is 8.03 Å². The largest absolute Gasteiger partial charge is 0.331 e. The second-order valence-corrected chi connectivity index (χ2v) is 6.17. The normalized spacial score (nSPS) is 12.8. The Labute approximate surface area is 119 Å². The molecular weight excluding hydrogens is 267 g/mol. The summed E-state index contributed by atoms with van der Waals surface area (Å²) in [5, 5.41) is 4.81. The lowest BCUT2D eigenvalue weighted by Gasteiger charge is -2.10. The molecule has 0 amide bonds. The second-order valence-electron chi connectivity index (χ2n) is 4.78. The molecule has 3 aromatic rings. The summed E-state index contributed by atoms with van der Waals surface area (Å²) >= 11 is 0. The maximum Gasteiger partial charge on any atom is 0.195 e. The van der Waals surface area contributed by atoms with E-state index in [1.165, 1.54) is 21.5 Å². The van der Waals surface area contributed by atoms with Crippen molar-refractivity contribution in [3.8, 4) is 0 Å². The summed E-state index contributed by atoms with van der Waals surface area (Å²) < 4.78 is 17.2. The molecule has 1 unspecified atom stereocenters. The zero-order chi connectivity index (χ0) is 13.9. The van der Waals surface area contributed by atoms with E-state index in [2.05, 4.69) is 36.4 Å². The summed E-state index contributed by atoms with van der Waals surface area (Å²) in [5.74, 6) is 0. The molecule has 0 aliphatic rings. The Kier molecular flexibility index (Phi) is 3.86. The molecular formula is C17H17O2P. The number of fused-ring (bicyclic) bond motifs is 3. The molecule has 3 aromatic carbocycles. The highest BCUT2D eigenvalue weighted by Gasteiger charge is 2.09. The molecule has 0 saturated heterocycles. The molecule has 0 heterocycles. The van der Waals surface area contributed by atoms with Crippen molar-refractivity contribution >= 4 is 29.6 Å². The highest BCUT2D eigenvalue weighted by molar-refractivity contribution is 7.38. The van der Waals surface area contributed by atoms with Gasteiger partial charge in [-0.1, -0.05) is 48.5 Å². The minimum absolute atomic E-state index is 0.503. The number of rotatable bonds is 4. The van der Waals surface area contributed by atoms with Crippen LogP contribution in [-0.2, 0) is 15.3 Å². The summed E-state index contributed by atoms with van der Waals surface area (Å²) in [6.45, 7) is 2.38. The SMILES string of the molecule is CCO[PH](=O)Cc1cc2ccccc2c2ccccc12. The molecule has 3 heteroatoms. The highest BCUT2D eigenvalue weighted by atomic mass is 31.1. The minimum atomic E-state index is -2.00. The Morgan fingerprint density at radius 1 is 0.950 bits per heavy atom. The predicted octanol–water partition coefficient (Wildman–Crippen LogP) is 5.00. The Morgan fingerprint density at radius 3 is 2.35 bits per heavy atom. The first-order valence-electron chi connectivity index (χ1n) is 6.84. The Bertz CT molecular complexity index is 780. The first-order valence-corrected chi connectivity index (χ1v) is 8.37. The van der Waals surface area contributed by atoms with Gasteiger partial charge in [0.25, 0.3) is 0 Å². The molecule has 3 rings (SSSR count). The van der Waals surface area contributed by atoms with Crippen LogP contribution in [0.15, 0.2) is 54.6 Å². The highest BCUT2D eigenvalue weighted by Crippen LogP contribution is 2.35. The van der Waals surface area contributed by atoms with Gasteiger partial charge in [0.05, 0.1) is 6.61 Å². The van der Waals surface area contributed by atoms with Crippen molar-refractivity contribution in [3.05, 3.63) is 60.2 Å². The van der Waals surface area contributed by atoms with Crippen LogP contribution < -0.4 is 0 Å².